The lowest BCUT2D eigenvalue weighted by Gasteiger charge is -2.05. The van der Waals surface area contributed by atoms with E-state index in [1.807, 2.05) is 0 Å². The first-order valence-corrected chi connectivity index (χ1v) is 7.55. The molecule has 1 N–H and O–H groups in total. The van der Waals surface area contributed by atoms with Crippen molar-refractivity contribution in [2.24, 2.45) is 0 Å². The Bertz CT molecular complexity index is 564. The van der Waals surface area contributed by atoms with Gasteiger partial charge in [-0.2, -0.15) is 0 Å². The molecule has 1 aliphatic rings. The molecule has 0 aliphatic carbocycles. The molecule has 1 unspecified atom stereocenters. The molecular formula is C13H12BrFN2S. The van der Waals surface area contributed by atoms with Gasteiger partial charge >= 0.3 is 0 Å². The molecule has 18 heavy (non-hydrogen) atoms. The largest absolute Gasteiger partial charge is 0.309 e. The van der Waals surface area contributed by atoms with Crippen LogP contribution in [0.25, 0.3) is 10.6 Å². The highest BCUT2D eigenvalue weighted by Gasteiger charge is 2.19. The number of nitrogens with zero attached hydrogens (tertiary/aromatic N) is 1. The normalized spacial score (nSPS) is 19.3. The van der Waals surface area contributed by atoms with Gasteiger partial charge in [-0.25, -0.2) is 9.37 Å². The molecule has 5 heteroatoms. The van der Waals surface area contributed by atoms with Crippen LogP contribution in [-0.2, 0) is 0 Å². The summed E-state index contributed by atoms with van der Waals surface area (Å²) in [6.07, 6.45) is 2.33. The van der Waals surface area contributed by atoms with Crippen molar-refractivity contribution in [3.05, 3.63) is 39.6 Å². The molecular weight excluding hydrogens is 315 g/mol. The third-order valence-corrected chi connectivity index (χ3v) is 4.68. The lowest BCUT2D eigenvalue weighted by molar-refractivity contribution is 0.627. The SMILES string of the molecule is Fc1ccc(Br)c(-c2nc(C3CCCN3)cs2)c1. The molecule has 94 valence electrons. The lowest BCUT2D eigenvalue weighted by Crippen LogP contribution is -2.12. The van der Waals surface area contributed by atoms with Crippen molar-refractivity contribution in [2.45, 2.75) is 18.9 Å². The minimum atomic E-state index is -0.232. The summed E-state index contributed by atoms with van der Waals surface area (Å²) in [5, 5.41) is 6.35. The molecule has 3 rings (SSSR count). The molecule has 2 nitrogen and oxygen atoms in total. The number of thiazole rings is 1. The van der Waals surface area contributed by atoms with Crippen molar-refractivity contribution in [1.29, 1.82) is 0 Å². The quantitative estimate of drug-likeness (QED) is 0.897. The Kier molecular flexibility index (Phi) is 3.46. The maximum absolute atomic E-state index is 13.3. The number of benzene rings is 1. The first-order chi connectivity index (χ1) is 8.74. The fourth-order valence-electron chi connectivity index (χ4n) is 2.17. The van der Waals surface area contributed by atoms with E-state index >= 15 is 0 Å². The number of aromatic nitrogens is 1. The molecule has 1 atom stereocenters. The highest BCUT2D eigenvalue weighted by atomic mass is 79.9. The Morgan fingerprint density at radius 3 is 3.11 bits per heavy atom. The van der Waals surface area contributed by atoms with Crippen LogP contribution in [0, 0.1) is 5.82 Å². The Balaban J connectivity index is 1.94. The first kappa shape index (κ1) is 12.3. The van der Waals surface area contributed by atoms with E-state index in [2.05, 4.69) is 31.6 Å². The van der Waals surface area contributed by atoms with Gasteiger partial charge in [0.2, 0.25) is 0 Å². The predicted molar refractivity (Wildman–Crippen MR) is 75.2 cm³/mol. The van der Waals surface area contributed by atoms with Crippen LogP contribution in [0.4, 0.5) is 4.39 Å². The molecule has 2 heterocycles. The van der Waals surface area contributed by atoms with Gasteiger partial charge in [0.15, 0.2) is 0 Å². The standard InChI is InChI=1S/C13H12BrFN2S/c14-10-4-3-8(15)6-9(10)13-17-12(7-18-13)11-2-1-5-16-11/h3-4,6-7,11,16H,1-2,5H2. The van der Waals surface area contributed by atoms with Crippen LogP contribution in [0.3, 0.4) is 0 Å². The molecule has 1 aromatic heterocycles. The zero-order valence-corrected chi connectivity index (χ0v) is 12.0. The summed E-state index contributed by atoms with van der Waals surface area (Å²) >= 11 is 5.01. The average molecular weight is 327 g/mol. The summed E-state index contributed by atoms with van der Waals surface area (Å²) in [4.78, 5) is 4.62. The molecule has 1 fully saturated rings. The zero-order valence-electron chi connectivity index (χ0n) is 9.62. The molecule has 1 aromatic carbocycles. The van der Waals surface area contributed by atoms with Crippen molar-refractivity contribution < 1.29 is 4.39 Å². The highest BCUT2D eigenvalue weighted by Crippen LogP contribution is 2.33. The molecule has 0 amide bonds. The Morgan fingerprint density at radius 1 is 1.44 bits per heavy atom. The fourth-order valence-corrected chi connectivity index (χ4v) is 3.64. The predicted octanol–water partition coefficient (Wildman–Crippen LogP) is 4.14. The summed E-state index contributed by atoms with van der Waals surface area (Å²) in [5.41, 5.74) is 1.90. The van der Waals surface area contributed by atoms with Crippen molar-refractivity contribution in [3.63, 3.8) is 0 Å². The van der Waals surface area contributed by atoms with E-state index in [0.717, 1.165) is 33.7 Å². The van der Waals surface area contributed by atoms with Gasteiger partial charge in [0.1, 0.15) is 10.8 Å². The highest BCUT2D eigenvalue weighted by molar-refractivity contribution is 9.10. The van der Waals surface area contributed by atoms with Gasteiger partial charge in [-0.1, -0.05) is 15.9 Å². The number of hydrogen-bond acceptors (Lipinski definition) is 3. The van der Waals surface area contributed by atoms with Crippen molar-refractivity contribution >= 4 is 27.3 Å². The molecule has 0 spiro atoms. The van der Waals surface area contributed by atoms with E-state index in [4.69, 9.17) is 0 Å². The van der Waals surface area contributed by atoms with E-state index in [9.17, 15) is 4.39 Å². The Hall–Kier alpha value is -0.780. The van der Waals surface area contributed by atoms with Crippen LogP contribution in [0.1, 0.15) is 24.6 Å². The smallest absolute Gasteiger partial charge is 0.124 e. The maximum atomic E-state index is 13.3. The lowest BCUT2D eigenvalue weighted by atomic mass is 10.2. The molecule has 0 bridgehead atoms. The van der Waals surface area contributed by atoms with E-state index in [1.54, 1.807) is 17.4 Å². The zero-order chi connectivity index (χ0) is 12.5. The summed E-state index contributed by atoms with van der Waals surface area (Å²) in [7, 11) is 0. The molecule has 1 saturated heterocycles. The van der Waals surface area contributed by atoms with Gasteiger partial charge in [-0.3, -0.25) is 0 Å². The van der Waals surface area contributed by atoms with Gasteiger partial charge in [0.05, 0.1) is 11.7 Å². The second-order valence-electron chi connectivity index (χ2n) is 4.35. The third-order valence-electron chi connectivity index (χ3n) is 3.10. The Labute approximate surface area is 117 Å². The first-order valence-electron chi connectivity index (χ1n) is 5.88. The maximum Gasteiger partial charge on any atom is 0.124 e. The van der Waals surface area contributed by atoms with Crippen LogP contribution in [0.5, 0.6) is 0 Å². The van der Waals surface area contributed by atoms with E-state index < -0.39 is 0 Å². The van der Waals surface area contributed by atoms with Gasteiger partial charge in [-0.15, -0.1) is 11.3 Å². The van der Waals surface area contributed by atoms with Crippen LogP contribution >= 0.6 is 27.3 Å². The van der Waals surface area contributed by atoms with Gasteiger partial charge < -0.3 is 5.32 Å². The van der Waals surface area contributed by atoms with Gasteiger partial charge in [0.25, 0.3) is 0 Å². The minimum absolute atomic E-state index is 0.232. The minimum Gasteiger partial charge on any atom is -0.309 e. The number of nitrogens with one attached hydrogen (secondary N) is 1. The number of halogens is 2. The van der Waals surface area contributed by atoms with Crippen LogP contribution in [-0.4, -0.2) is 11.5 Å². The molecule has 1 aliphatic heterocycles. The van der Waals surface area contributed by atoms with Gasteiger partial charge in [-0.05, 0) is 37.6 Å². The molecule has 0 saturated carbocycles. The average Bonchev–Trinajstić information content (AvgIpc) is 3.00. The number of hydrogen-bond donors (Lipinski definition) is 1. The second kappa shape index (κ2) is 5.07. The van der Waals surface area contributed by atoms with Gasteiger partial charge in [0, 0.05) is 15.4 Å². The molecule has 2 aromatic rings. The van der Waals surface area contributed by atoms with Crippen LogP contribution in [0.15, 0.2) is 28.1 Å². The summed E-state index contributed by atoms with van der Waals surface area (Å²) in [6.45, 7) is 1.06. The topological polar surface area (TPSA) is 24.9 Å². The van der Waals surface area contributed by atoms with Crippen LogP contribution < -0.4 is 5.32 Å². The van der Waals surface area contributed by atoms with Crippen LogP contribution in [0.2, 0.25) is 0 Å². The monoisotopic (exact) mass is 326 g/mol. The fraction of sp³-hybridized carbons (Fsp3) is 0.308. The second-order valence-corrected chi connectivity index (χ2v) is 6.06. The summed E-state index contributed by atoms with van der Waals surface area (Å²) in [6, 6.07) is 5.05. The number of rotatable bonds is 2. The van der Waals surface area contributed by atoms with E-state index in [-0.39, 0.29) is 5.82 Å². The van der Waals surface area contributed by atoms with Crippen molar-refractivity contribution in [1.82, 2.24) is 10.3 Å². The van der Waals surface area contributed by atoms with E-state index in [0.29, 0.717) is 6.04 Å². The van der Waals surface area contributed by atoms with Crippen molar-refractivity contribution in [2.75, 3.05) is 6.54 Å². The Morgan fingerprint density at radius 2 is 2.33 bits per heavy atom. The third kappa shape index (κ3) is 2.35. The summed E-state index contributed by atoms with van der Waals surface area (Å²) < 4.78 is 14.2. The van der Waals surface area contributed by atoms with Crippen molar-refractivity contribution in [3.8, 4) is 10.6 Å². The summed E-state index contributed by atoms with van der Waals surface area (Å²) in [5.74, 6) is -0.232. The van der Waals surface area contributed by atoms with E-state index in [1.165, 1.54) is 18.6 Å². The molecule has 0 radical (unpaired) electrons.